The Morgan fingerprint density at radius 3 is 2.63 bits per heavy atom. The lowest BCUT2D eigenvalue weighted by Gasteiger charge is -2.10. The number of rotatable bonds is 3. The molecule has 1 N–H and O–H groups in total. The zero-order valence-electron chi connectivity index (χ0n) is 10.6. The van der Waals surface area contributed by atoms with Gasteiger partial charge in [-0.05, 0) is 26.0 Å². The van der Waals surface area contributed by atoms with Crippen molar-refractivity contribution in [1.82, 2.24) is 9.97 Å². The van der Waals surface area contributed by atoms with Gasteiger partial charge in [0.1, 0.15) is 11.7 Å². The molecule has 0 saturated heterocycles. The van der Waals surface area contributed by atoms with Crippen molar-refractivity contribution < 1.29 is 9.90 Å². The molecular weight excluding hydrogens is 308 g/mol. The summed E-state index contributed by atoms with van der Waals surface area (Å²) in [5.74, 6) is -1.32. The van der Waals surface area contributed by atoms with Gasteiger partial charge in [-0.25, -0.2) is 9.97 Å². The van der Waals surface area contributed by atoms with Crippen LogP contribution >= 0.6 is 15.9 Å². The highest BCUT2D eigenvalue weighted by Crippen LogP contribution is 2.27. The third-order valence-electron chi connectivity index (χ3n) is 2.78. The van der Waals surface area contributed by atoms with Gasteiger partial charge in [0.15, 0.2) is 0 Å². The third-order valence-corrected chi connectivity index (χ3v) is 3.47. The standard InChI is InChI=1S/C14H13BrN2O2/c1-8-7-12(10-5-3-4-6-11(10)15)17-13(16-8)9(2)14(18)19/h3-7,9H,1-2H3,(H,18,19). The largest absolute Gasteiger partial charge is 0.481 e. The number of aromatic nitrogens is 2. The fourth-order valence-electron chi connectivity index (χ4n) is 1.70. The molecule has 0 amide bonds. The zero-order chi connectivity index (χ0) is 14.0. The van der Waals surface area contributed by atoms with Crippen LogP contribution < -0.4 is 0 Å². The minimum atomic E-state index is -0.927. The van der Waals surface area contributed by atoms with Gasteiger partial charge in [0.05, 0.1) is 5.69 Å². The summed E-state index contributed by atoms with van der Waals surface area (Å²) in [7, 11) is 0. The fourth-order valence-corrected chi connectivity index (χ4v) is 2.19. The summed E-state index contributed by atoms with van der Waals surface area (Å²) in [6.07, 6.45) is 0. The number of carboxylic acids is 1. The molecule has 1 aromatic heterocycles. The Morgan fingerprint density at radius 2 is 2.00 bits per heavy atom. The van der Waals surface area contributed by atoms with Crippen LogP contribution in [-0.4, -0.2) is 21.0 Å². The summed E-state index contributed by atoms with van der Waals surface area (Å²) in [6.45, 7) is 3.42. The molecule has 2 rings (SSSR count). The summed E-state index contributed by atoms with van der Waals surface area (Å²) >= 11 is 3.47. The van der Waals surface area contributed by atoms with Crippen LogP contribution in [-0.2, 0) is 4.79 Å². The fraction of sp³-hybridized carbons (Fsp3) is 0.214. The molecule has 0 bridgehead atoms. The van der Waals surface area contributed by atoms with Gasteiger partial charge in [-0.3, -0.25) is 4.79 Å². The molecule has 1 aromatic carbocycles. The van der Waals surface area contributed by atoms with Crippen LogP contribution in [0.4, 0.5) is 0 Å². The van der Waals surface area contributed by atoms with E-state index in [1.165, 1.54) is 0 Å². The zero-order valence-corrected chi connectivity index (χ0v) is 12.2. The predicted molar refractivity (Wildman–Crippen MR) is 76.0 cm³/mol. The van der Waals surface area contributed by atoms with Crippen LogP contribution in [0.1, 0.15) is 24.4 Å². The summed E-state index contributed by atoms with van der Waals surface area (Å²) < 4.78 is 0.919. The first-order valence-electron chi connectivity index (χ1n) is 5.82. The Hall–Kier alpha value is -1.75. The molecule has 0 spiro atoms. The number of aryl methyl sites for hydroxylation is 1. The quantitative estimate of drug-likeness (QED) is 0.941. The van der Waals surface area contributed by atoms with Crippen LogP contribution in [0.2, 0.25) is 0 Å². The van der Waals surface area contributed by atoms with E-state index >= 15 is 0 Å². The van der Waals surface area contributed by atoms with Crippen molar-refractivity contribution in [2.75, 3.05) is 0 Å². The lowest BCUT2D eigenvalue weighted by Crippen LogP contribution is -2.12. The van der Waals surface area contributed by atoms with Crippen molar-refractivity contribution in [3.8, 4) is 11.3 Å². The second-order valence-corrected chi connectivity index (χ2v) is 5.15. The number of carbonyl (C=O) groups is 1. The van der Waals surface area contributed by atoms with Crippen LogP contribution in [0.15, 0.2) is 34.8 Å². The van der Waals surface area contributed by atoms with Gasteiger partial charge in [0.25, 0.3) is 0 Å². The highest BCUT2D eigenvalue weighted by Gasteiger charge is 2.18. The summed E-state index contributed by atoms with van der Waals surface area (Å²) in [6, 6.07) is 9.53. The van der Waals surface area contributed by atoms with Crippen molar-refractivity contribution >= 4 is 21.9 Å². The highest BCUT2D eigenvalue weighted by atomic mass is 79.9. The van der Waals surface area contributed by atoms with E-state index in [4.69, 9.17) is 5.11 Å². The minimum absolute atomic E-state index is 0.332. The molecule has 98 valence electrons. The van der Waals surface area contributed by atoms with Crippen LogP contribution in [0.25, 0.3) is 11.3 Å². The maximum absolute atomic E-state index is 11.0. The van der Waals surface area contributed by atoms with E-state index in [-0.39, 0.29) is 0 Å². The van der Waals surface area contributed by atoms with E-state index in [9.17, 15) is 4.79 Å². The summed E-state index contributed by atoms with van der Waals surface area (Å²) in [5, 5.41) is 9.05. The van der Waals surface area contributed by atoms with Gasteiger partial charge in [0, 0.05) is 15.7 Å². The first kappa shape index (κ1) is 13.7. The molecule has 1 heterocycles. The molecule has 1 atom stereocenters. The first-order chi connectivity index (χ1) is 8.99. The van der Waals surface area contributed by atoms with Gasteiger partial charge >= 0.3 is 5.97 Å². The Balaban J connectivity index is 2.54. The van der Waals surface area contributed by atoms with Crippen LogP contribution in [0.5, 0.6) is 0 Å². The molecule has 2 aromatic rings. The van der Waals surface area contributed by atoms with Crippen molar-refractivity contribution in [1.29, 1.82) is 0 Å². The van der Waals surface area contributed by atoms with Crippen molar-refractivity contribution in [3.05, 3.63) is 46.3 Å². The van der Waals surface area contributed by atoms with E-state index in [0.29, 0.717) is 5.82 Å². The van der Waals surface area contributed by atoms with Gasteiger partial charge in [-0.2, -0.15) is 0 Å². The number of halogens is 1. The van der Waals surface area contributed by atoms with Crippen molar-refractivity contribution in [3.63, 3.8) is 0 Å². The molecule has 5 heteroatoms. The Kier molecular flexibility index (Phi) is 3.95. The SMILES string of the molecule is Cc1cc(-c2ccccc2Br)nc(C(C)C(=O)O)n1. The highest BCUT2D eigenvalue weighted by molar-refractivity contribution is 9.10. The predicted octanol–water partition coefficient (Wildman–Crippen LogP) is 3.40. The number of hydrogen-bond donors (Lipinski definition) is 1. The molecule has 1 unspecified atom stereocenters. The molecular formula is C14H13BrN2O2. The van der Waals surface area contributed by atoms with E-state index in [2.05, 4.69) is 25.9 Å². The van der Waals surface area contributed by atoms with E-state index in [0.717, 1.165) is 21.4 Å². The Bertz CT molecular complexity index is 629. The molecule has 19 heavy (non-hydrogen) atoms. The number of carboxylic acid groups (broad SMARTS) is 1. The van der Waals surface area contributed by atoms with Crippen LogP contribution in [0.3, 0.4) is 0 Å². The molecule has 0 fully saturated rings. The molecule has 4 nitrogen and oxygen atoms in total. The maximum Gasteiger partial charge on any atom is 0.313 e. The third kappa shape index (κ3) is 2.98. The number of nitrogens with zero attached hydrogens (tertiary/aromatic N) is 2. The van der Waals surface area contributed by atoms with Crippen molar-refractivity contribution in [2.24, 2.45) is 0 Å². The van der Waals surface area contributed by atoms with Gasteiger partial charge in [-0.15, -0.1) is 0 Å². The smallest absolute Gasteiger partial charge is 0.313 e. The van der Waals surface area contributed by atoms with E-state index < -0.39 is 11.9 Å². The van der Waals surface area contributed by atoms with E-state index in [1.807, 2.05) is 37.3 Å². The molecule has 0 saturated carbocycles. The van der Waals surface area contributed by atoms with Gasteiger partial charge in [-0.1, -0.05) is 34.1 Å². The first-order valence-corrected chi connectivity index (χ1v) is 6.61. The lowest BCUT2D eigenvalue weighted by atomic mass is 10.1. The maximum atomic E-state index is 11.0. The summed E-state index contributed by atoms with van der Waals surface area (Å²) in [4.78, 5) is 19.6. The number of benzene rings is 1. The lowest BCUT2D eigenvalue weighted by molar-refractivity contribution is -0.138. The minimum Gasteiger partial charge on any atom is -0.481 e. The van der Waals surface area contributed by atoms with E-state index in [1.54, 1.807) is 6.92 Å². The molecule has 0 aliphatic heterocycles. The molecule has 0 aliphatic rings. The second kappa shape index (κ2) is 5.48. The average molecular weight is 321 g/mol. The van der Waals surface area contributed by atoms with Crippen LogP contribution in [0, 0.1) is 6.92 Å². The Morgan fingerprint density at radius 1 is 1.32 bits per heavy atom. The second-order valence-electron chi connectivity index (χ2n) is 4.29. The Labute approximate surface area is 119 Å². The topological polar surface area (TPSA) is 63.1 Å². The normalized spacial score (nSPS) is 12.2. The number of aliphatic carboxylic acids is 1. The van der Waals surface area contributed by atoms with Gasteiger partial charge < -0.3 is 5.11 Å². The molecule has 0 radical (unpaired) electrons. The average Bonchev–Trinajstić information content (AvgIpc) is 2.37. The van der Waals surface area contributed by atoms with Crippen molar-refractivity contribution in [2.45, 2.75) is 19.8 Å². The summed E-state index contributed by atoms with van der Waals surface area (Å²) in [5.41, 5.74) is 2.40. The number of hydrogen-bond acceptors (Lipinski definition) is 3. The monoisotopic (exact) mass is 320 g/mol. The molecule has 0 aliphatic carbocycles. The van der Waals surface area contributed by atoms with Gasteiger partial charge in [0.2, 0.25) is 0 Å².